The first-order valence-corrected chi connectivity index (χ1v) is 8.84. The zero-order valence-corrected chi connectivity index (χ0v) is 15.2. The van der Waals surface area contributed by atoms with Gasteiger partial charge in [-0.25, -0.2) is 4.39 Å². The highest BCUT2D eigenvalue weighted by Gasteiger charge is 2.01. The maximum Gasteiger partial charge on any atom is 0.140 e. The number of hydrogen-bond acceptors (Lipinski definition) is 1. The van der Waals surface area contributed by atoms with E-state index < -0.39 is 5.82 Å². The molecule has 0 unspecified atom stereocenters. The predicted octanol–water partition coefficient (Wildman–Crippen LogP) is 6.33. The number of benzene rings is 3. The Morgan fingerprint density at radius 2 is 1.54 bits per heavy atom. The molecule has 0 aliphatic rings. The fourth-order valence-electron chi connectivity index (χ4n) is 2.44. The standard InChI is InChI=1S/C23H18ClFO/c1-2-15-26-22-13-10-19(11-14-22)18-6-3-17(4-7-18)5-8-20-9-12-21(24)16-23(20)25/h3-4,6-7,9-14,16H,2,15H2,1H3. The first-order chi connectivity index (χ1) is 12.7. The van der Waals surface area contributed by atoms with Gasteiger partial charge in [0.1, 0.15) is 11.6 Å². The third kappa shape index (κ3) is 4.65. The Kier molecular flexibility index (Phi) is 5.94. The molecule has 0 aliphatic heterocycles. The van der Waals surface area contributed by atoms with Gasteiger partial charge in [-0.05, 0) is 60.0 Å². The van der Waals surface area contributed by atoms with Crippen molar-refractivity contribution in [2.75, 3.05) is 6.61 Å². The number of ether oxygens (including phenoxy) is 1. The molecule has 3 heteroatoms. The lowest BCUT2D eigenvalue weighted by Gasteiger charge is -2.06. The Balaban J connectivity index is 1.73. The van der Waals surface area contributed by atoms with E-state index in [2.05, 4.69) is 18.8 Å². The molecule has 0 aromatic heterocycles. The minimum atomic E-state index is -0.410. The zero-order chi connectivity index (χ0) is 18.4. The first-order valence-electron chi connectivity index (χ1n) is 8.46. The lowest BCUT2D eigenvalue weighted by atomic mass is 10.0. The molecule has 3 aromatic carbocycles. The second-order valence-corrected chi connectivity index (χ2v) is 6.26. The largest absolute Gasteiger partial charge is 0.494 e. The van der Waals surface area contributed by atoms with E-state index in [4.69, 9.17) is 16.3 Å². The highest BCUT2D eigenvalue weighted by Crippen LogP contribution is 2.23. The topological polar surface area (TPSA) is 9.23 Å². The number of hydrogen-bond donors (Lipinski definition) is 0. The molecule has 0 radical (unpaired) electrons. The van der Waals surface area contributed by atoms with Crippen molar-refractivity contribution in [3.63, 3.8) is 0 Å². The van der Waals surface area contributed by atoms with Crippen LogP contribution in [0.2, 0.25) is 5.02 Å². The van der Waals surface area contributed by atoms with Crippen molar-refractivity contribution in [1.82, 2.24) is 0 Å². The molecule has 0 fully saturated rings. The van der Waals surface area contributed by atoms with Crippen LogP contribution in [0.4, 0.5) is 4.39 Å². The van der Waals surface area contributed by atoms with E-state index >= 15 is 0 Å². The Hall–Kier alpha value is -2.76. The SMILES string of the molecule is CCCOc1ccc(-c2ccc(C#Cc3ccc(Cl)cc3F)cc2)cc1. The van der Waals surface area contributed by atoms with Gasteiger partial charge in [0.05, 0.1) is 12.2 Å². The summed E-state index contributed by atoms with van der Waals surface area (Å²) in [6.45, 7) is 2.81. The van der Waals surface area contributed by atoms with Crippen LogP contribution in [0.15, 0.2) is 66.7 Å². The maximum atomic E-state index is 13.8. The van der Waals surface area contributed by atoms with Gasteiger partial charge >= 0.3 is 0 Å². The second kappa shape index (κ2) is 8.56. The molecule has 0 amide bonds. The van der Waals surface area contributed by atoms with Gasteiger partial charge < -0.3 is 4.74 Å². The summed E-state index contributed by atoms with van der Waals surface area (Å²) < 4.78 is 19.4. The lowest BCUT2D eigenvalue weighted by Crippen LogP contribution is -1.94. The van der Waals surface area contributed by atoms with E-state index in [0.717, 1.165) is 35.5 Å². The van der Waals surface area contributed by atoms with Crippen molar-refractivity contribution in [3.8, 4) is 28.7 Å². The van der Waals surface area contributed by atoms with Crippen LogP contribution in [-0.4, -0.2) is 6.61 Å². The molecule has 0 aliphatic carbocycles. The van der Waals surface area contributed by atoms with Crippen molar-refractivity contribution in [1.29, 1.82) is 0 Å². The minimum Gasteiger partial charge on any atom is -0.494 e. The van der Waals surface area contributed by atoms with Gasteiger partial charge in [-0.1, -0.05) is 54.6 Å². The Morgan fingerprint density at radius 3 is 2.15 bits per heavy atom. The van der Waals surface area contributed by atoms with Crippen molar-refractivity contribution in [2.45, 2.75) is 13.3 Å². The highest BCUT2D eigenvalue weighted by molar-refractivity contribution is 6.30. The summed E-state index contributed by atoms with van der Waals surface area (Å²) in [5.41, 5.74) is 3.36. The summed E-state index contributed by atoms with van der Waals surface area (Å²) in [6.07, 6.45) is 0.990. The van der Waals surface area contributed by atoms with Crippen LogP contribution < -0.4 is 4.74 Å². The van der Waals surface area contributed by atoms with E-state index in [0.29, 0.717) is 10.6 Å². The van der Waals surface area contributed by atoms with Gasteiger partial charge in [-0.3, -0.25) is 0 Å². The fourth-order valence-corrected chi connectivity index (χ4v) is 2.60. The van der Waals surface area contributed by atoms with Gasteiger partial charge in [0.25, 0.3) is 0 Å². The molecule has 0 saturated carbocycles. The van der Waals surface area contributed by atoms with Crippen LogP contribution in [0.5, 0.6) is 5.75 Å². The summed E-state index contributed by atoms with van der Waals surface area (Å²) in [5, 5.41) is 0.364. The zero-order valence-electron chi connectivity index (χ0n) is 14.4. The Morgan fingerprint density at radius 1 is 0.885 bits per heavy atom. The maximum absolute atomic E-state index is 13.8. The first kappa shape index (κ1) is 18.0. The van der Waals surface area contributed by atoms with Gasteiger partial charge in [0, 0.05) is 10.6 Å². The van der Waals surface area contributed by atoms with E-state index in [9.17, 15) is 4.39 Å². The van der Waals surface area contributed by atoms with Crippen molar-refractivity contribution < 1.29 is 9.13 Å². The van der Waals surface area contributed by atoms with Crippen LogP contribution in [0.1, 0.15) is 24.5 Å². The average Bonchev–Trinajstić information content (AvgIpc) is 2.66. The minimum absolute atomic E-state index is 0.334. The van der Waals surface area contributed by atoms with Gasteiger partial charge in [0.15, 0.2) is 0 Å². The molecule has 1 nitrogen and oxygen atoms in total. The van der Waals surface area contributed by atoms with Crippen molar-refractivity contribution >= 4 is 11.6 Å². The Labute approximate surface area is 158 Å². The fraction of sp³-hybridized carbons (Fsp3) is 0.130. The number of halogens is 2. The van der Waals surface area contributed by atoms with Crippen molar-refractivity contribution in [2.24, 2.45) is 0 Å². The summed E-state index contributed by atoms with van der Waals surface area (Å²) in [6, 6.07) is 20.4. The molecule has 0 spiro atoms. The molecule has 3 rings (SSSR count). The molecule has 0 bridgehead atoms. The van der Waals surface area contributed by atoms with Crippen LogP contribution >= 0.6 is 11.6 Å². The normalized spacial score (nSPS) is 10.1. The number of rotatable bonds is 4. The monoisotopic (exact) mass is 364 g/mol. The highest BCUT2D eigenvalue weighted by atomic mass is 35.5. The van der Waals surface area contributed by atoms with Gasteiger partial charge in [0.2, 0.25) is 0 Å². The summed E-state index contributed by atoms with van der Waals surface area (Å²) in [4.78, 5) is 0. The smallest absolute Gasteiger partial charge is 0.140 e. The molecular formula is C23H18ClFO. The molecule has 0 atom stereocenters. The van der Waals surface area contributed by atoms with E-state index in [1.54, 1.807) is 12.1 Å². The molecule has 0 N–H and O–H groups in total. The summed E-state index contributed by atoms with van der Waals surface area (Å²) >= 11 is 5.75. The summed E-state index contributed by atoms with van der Waals surface area (Å²) in [5.74, 6) is 6.29. The third-order valence-electron chi connectivity index (χ3n) is 3.82. The lowest BCUT2D eigenvalue weighted by molar-refractivity contribution is 0.317. The molecule has 0 heterocycles. The molecule has 130 valence electrons. The van der Waals surface area contributed by atoms with E-state index in [1.807, 2.05) is 48.5 Å². The second-order valence-electron chi connectivity index (χ2n) is 5.82. The predicted molar refractivity (Wildman–Crippen MR) is 105 cm³/mol. The van der Waals surface area contributed by atoms with Crippen LogP contribution in [0, 0.1) is 17.7 Å². The van der Waals surface area contributed by atoms with Crippen LogP contribution in [-0.2, 0) is 0 Å². The molecular weight excluding hydrogens is 347 g/mol. The van der Waals surface area contributed by atoms with E-state index in [-0.39, 0.29) is 0 Å². The van der Waals surface area contributed by atoms with E-state index in [1.165, 1.54) is 6.07 Å². The van der Waals surface area contributed by atoms with Crippen LogP contribution in [0.3, 0.4) is 0 Å². The molecule has 0 saturated heterocycles. The average molecular weight is 365 g/mol. The van der Waals surface area contributed by atoms with Crippen molar-refractivity contribution in [3.05, 3.63) is 88.7 Å². The van der Waals surface area contributed by atoms with Gasteiger partial charge in [-0.15, -0.1) is 0 Å². The summed E-state index contributed by atoms with van der Waals surface area (Å²) in [7, 11) is 0. The quantitative estimate of drug-likeness (QED) is 0.491. The molecule has 26 heavy (non-hydrogen) atoms. The Bertz CT molecular complexity index is 935. The van der Waals surface area contributed by atoms with Gasteiger partial charge in [-0.2, -0.15) is 0 Å². The third-order valence-corrected chi connectivity index (χ3v) is 4.05. The van der Waals surface area contributed by atoms with Crippen LogP contribution in [0.25, 0.3) is 11.1 Å². The molecule has 3 aromatic rings.